The molecule has 2 rings (SSSR count). The zero-order valence-electron chi connectivity index (χ0n) is 14.0. The van der Waals surface area contributed by atoms with Crippen molar-refractivity contribution in [1.29, 1.82) is 0 Å². The summed E-state index contributed by atoms with van der Waals surface area (Å²) < 4.78 is 46.2. The molecule has 0 bridgehead atoms. The lowest BCUT2D eigenvalue weighted by Gasteiger charge is -2.23. The molecule has 1 aromatic rings. The van der Waals surface area contributed by atoms with Crippen molar-refractivity contribution in [2.75, 3.05) is 25.2 Å². The first-order valence-corrected chi connectivity index (χ1v) is 9.44. The van der Waals surface area contributed by atoms with Gasteiger partial charge in [-0.1, -0.05) is 6.07 Å². The second-order valence-electron chi connectivity index (χ2n) is 6.26. The van der Waals surface area contributed by atoms with Crippen molar-refractivity contribution in [3.05, 3.63) is 29.6 Å². The average molecular weight is 373 g/mol. The number of esters is 1. The topological polar surface area (TPSA) is 98.8 Å². The molecule has 1 amide bonds. The van der Waals surface area contributed by atoms with E-state index in [9.17, 15) is 22.4 Å². The number of sulfone groups is 1. The zero-order chi connectivity index (χ0) is 18.7. The monoisotopic (exact) mass is 373 g/mol. The highest BCUT2D eigenvalue weighted by Crippen LogP contribution is 2.22. The van der Waals surface area contributed by atoms with Crippen LogP contribution < -0.4 is 10.1 Å². The quantitative estimate of drug-likeness (QED) is 0.734. The van der Waals surface area contributed by atoms with Crippen LogP contribution in [-0.4, -0.2) is 51.1 Å². The van der Waals surface area contributed by atoms with Crippen LogP contribution in [0.1, 0.15) is 18.9 Å². The SMILES string of the molecule is COc1ccc(CC(=O)OCC(=O)N[C@]2(C)CCS(=O)(=O)C2)cc1F. The van der Waals surface area contributed by atoms with Crippen LogP contribution in [0.15, 0.2) is 18.2 Å². The fraction of sp³-hybridized carbons (Fsp3) is 0.500. The number of benzene rings is 1. The maximum Gasteiger partial charge on any atom is 0.310 e. The van der Waals surface area contributed by atoms with E-state index in [0.717, 1.165) is 6.07 Å². The minimum atomic E-state index is -3.15. The van der Waals surface area contributed by atoms with E-state index in [1.807, 2.05) is 0 Å². The molecule has 0 unspecified atom stereocenters. The minimum absolute atomic E-state index is 0.0204. The smallest absolute Gasteiger partial charge is 0.310 e. The van der Waals surface area contributed by atoms with Crippen molar-refractivity contribution in [3.8, 4) is 5.75 Å². The summed E-state index contributed by atoms with van der Waals surface area (Å²) in [5.41, 5.74) is -0.459. The lowest BCUT2D eigenvalue weighted by molar-refractivity contribution is -0.148. The van der Waals surface area contributed by atoms with Crippen molar-refractivity contribution in [2.45, 2.75) is 25.3 Å². The van der Waals surface area contributed by atoms with Gasteiger partial charge >= 0.3 is 5.97 Å². The third kappa shape index (κ3) is 5.42. The van der Waals surface area contributed by atoms with Crippen LogP contribution in [0.2, 0.25) is 0 Å². The number of rotatable bonds is 6. The lowest BCUT2D eigenvalue weighted by Crippen LogP contribution is -2.48. The van der Waals surface area contributed by atoms with Crippen molar-refractivity contribution < 1.29 is 31.9 Å². The fourth-order valence-electron chi connectivity index (χ4n) is 2.67. The number of ether oxygens (including phenoxy) is 2. The van der Waals surface area contributed by atoms with E-state index in [1.54, 1.807) is 6.92 Å². The summed E-state index contributed by atoms with van der Waals surface area (Å²) in [6, 6.07) is 4.07. The predicted molar refractivity (Wildman–Crippen MR) is 87.4 cm³/mol. The number of hydrogen-bond acceptors (Lipinski definition) is 6. The number of halogens is 1. The Kier molecular flexibility index (Phi) is 5.66. The van der Waals surface area contributed by atoms with Crippen LogP contribution >= 0.6 is 0 Å². The highest BCUT2D eigenvalue weighted by molar-refractivity contribution is 7.91. The largest absolute Gasteiger partial charge is 0.494 e. The molecule has 1 aliphatic rings. The molecular weight excluding hydrogens is 353 g/mol. The van der Waals surface area contributed by atoms with Gasteiger partial charge in [0.1, 0.15) is 0 Å². The molecule has 0 saturated carbocycles. The Labute approximate surface area is 145 Å². The van der Waals surface area contributed by atoms with Gasteiger partial charge in [0.2, 0.25) is 0 Å². The van der Waals surface area contributed by atoms with E-state index < -0.39 is 39.7 Å². The summed E-state index contributed by atoms with van der Waals surface area (Å²) in [7, 11) is -1.82. The number of hydrogen-bond donors (Lipinski definition) is 1. The van der Waals surface area contributed by atoms with Gasteiger partial charge in [-0.15, -0.1) is 0 Å². The second kappa shape index (κ2) is 7.38. The molecule has 1 heterocycles. The maximum absolute atomic E-state index is 13.6. The molecule has 1 N–H and O–H groups in total. The van der Waals surface area contributed by atoms with Crippen LogP contribution in [0.4, 0.5) is 4.39 Å². The zero-order valence-corrected chi connectivity index (χ0v) is 14.8. The Morgan fingerprint density at radius 3 is 2.64 bits per heavy atom. The molecule has 7 nitrogen and oxygen atoms in total. The first-order valence-electron chi connectivity index (χ1n) is 7.62. The third-order valence-electron chi connectivity index (χ3n) is 3.87. The number of methoxy groups -OCH3 is 1. The van der Waals surface area contributed by atoms with Gasteiger partial charge in [0.05, 0.1) is 30.6 Å². The highest BCUT2D eigenvalue weighted by Gasteiger charge is 2.39. The molecule has 0 aliphatic carbocycles. The maximum atomic E-state index is 13.6. The summed E-state index contributed by atoms with van der Waals surface area (Å²) in [6.45, 7) is 1.12. The molecule has 9 heteroatoms. The van der Waals surface area contributed by atoms with Crippen LogP contribution in [0.5, 0.6) is 5.75 Å². The number of nitrogens with one attached hydrogen (secondary N) is 1. The third-order valence-corrected chi connectivity index (χ3v) is 5.78. The Morgan fingerprint density at radius 2 is 2.08 bits per heavy atom. The molecule has 0 radical (unpaired) electrons. The van der Waals surface area contributed by atoms with Gasteiger partial charge in [0, 0.05) is 0 Å². The van der Waals surface area contributed by atoms with Gasteiger partial charge in [-0.3, -0.25) is 9.59 Å². The van der Waals surface area contributed by atoms with Crippen LogP contribution in [-0.2, 0) is 30.6 Å². The summed E-state index contributed by atoms with van der Waals surface area (Å²) >= 11 is 0. The van der Waals surface area contributed by atoms with Gasteiger partial charge in [0.25, 0.3) is 5.91 Å². The second-order valence-corrected chi connectivity index (χ2v) is 8.44. The van der Waals surface area contributed by atoms with Crippen LogP contribution in [0.25, 0.3) is 0 Å². The molecule has 0 aromatic heterocycles. The van der Waals surface area contributed by atoms with Crippen molar-refractivity contribution in [1.82, 2.24) is 5.32 Å². The molecule has 1 saturated heterocycles. The molecule has 1 aliphatic heterocycles. The van der Waals surface area contributed by atoms with Gasteiger partial charge in [-0.25, -0.2) is 12.8 Å². The normalized spacial score (nSPS) is 21.6. The summed E-state index contributed by atoms with van der Waals surface area (Å²) in [5.74, 6) is -1.91. The molecule has 0 spiro atoms. The summed E-state index contributed by atoms with van der Waals surface area (Å²) in [5, 5.41) is 2.58. The van der Waals surface area contributed by atoms with E-state index in [-0.39, 0.29) is 23.7 Å². The van der Waals surface area contributed by atoms with E-state index in [1.165, 1.54) is 19.2 Å². The summed E-state index contributed by atoms with van der Waals surface area (Å²) in [6.07, 6.45) is 0.125. The molecule has 1 aromatic carbocycles. The molecule has 1 fully saturated rings. The molecule has 138 valence electrons. The average Bonchev–Trinajstić information content (AvgIpc) is 2.78. The van der Waals surface area contributed by atoms with Crippen LogP contribution in [0, 0.1) is 5.82 Å². The Morgan fingerprint density at radius 1 is 1.36 bits per heavy atom. The van der Waals surface area contributed by atoms with Gasteiger partial charge in [-0.2, -0.15) is 0 Å². The van der Waals surface area contributed by atoms with E-state index in [2.05, 4.69) is 5.32 Å². The van der Waals surface area contributed by atoms with Crippen molar-refractivity contribution in [2.24, 2.45) is 0 Å². The standard InChI is InChI=1S/C16H20FNO6S/c1-16(5-6-25(21,22)10-16)18-14(19)9-24-15(20)8-11-3-4-13(23-2)12(17)7-11/h3-4,7H,5-6,8-10H2,1-2H3,(H,18,19)/t16-/m1/s1. The van der Waals surface area contributed by atoms with Crippen molar-refractivity contribution >= 4 is 21.7 Å². The number of carbonyl (C=O) groups is 2. The first kappa shape index (κ1) is 19.2. The van der Waals surface area contributed by atoms with Gasteiger partial charge in [0.15, 0.2) is 28.0 Å². The van der Waals surface area contributed by atoms with Crippen LogP contribution in [0.3, 0.4) is 0 Å². The molecular formula is C16H20FNO6S. The number of carbonyl (C=O) groups excluding carboxylic acids is 2. The fourth-order valence-corrected chi connectivity index (χ4v) is 4.76. The van der Waals surface area contributed by atoms with Crippen molar-refractivity contribution in [3.63, 3.8) is 0 Å². The van der Waals surface area contributed by atoms with E-state index in [0.29, 0.717) is 12.0 Å². The van der Waals surface area contributed by atoms with E-state index in [4.69, 9.17) is 9.47 Å². The Bertz CT molecular complexity index is 779. The molecule has 1 atom stereocenters. The minimum Gasteiger partial charge on any atom is -0.494 e. The van der Waals surface area contributed by atoms with E-state index >= 15 is 0 Å². The van der Waals surface area contributed by atoms with Gasteiger partial charge < -0.3 is 14.8 Å². The predicted octanol–water partition coefficient (Wildman–Crippen LogP) is 0.613. The summed E-state index contributed by atoms with van der Waals surface area (Å²) in [4.78, 5) is 23.6. The number of amides is 1. The Balaban J connectivity index is 1.82. The highest BCUT2D eigenvalue weighted by atomic mass is 32.2. The van der Waals surface area contributed by atoms with Gasteiger partial charge in [-0.05, 0) is 31.0 Å². The molecule has 25 heavy (non-hydrogen) atoms. The lowest BCUT2D eigenvalue weighted by atomic mass is 10.0. The first-order chi connectivity index (χ1) is 11.6. The Hall–Kier alpha value is -2.16.